The minimum atomic E-state index is -3.59. The van der Waals surface area contributed by atoms with E-state index in [1.165, 1.54) is 16.5 Å². The molecular formula is C13H15BrN2O2S2. The molecule has 1 aromatic carbocycles. The van der Waals surface area contributed by atoms with Crippen LogP contribution in [0.1, 0.15) is 15.3 Å². The number of benzene rings is 1. The summed E-state index contributed by atoms with van der Waals surface area (Å²) in [5.41, 5.74) is 7.23. The number of hydrogen-bond acceptors (Lipinski definition) is 4. The molecule has 1 aromatic heterocycles. The molecule has 108 valence electrons. The van der Waals surface area contributed by atoms with Crippen molar-refractivity contribution in [3.05, 3.63) is 44.1 Å². The van der Waals surface area contributed by atoms with Gasteiger partial charge in [0.05, 0.1) is 4.90 Å². The fourth-order valence-electron chi connectivity index (χ4n) is 1.71. The third kappa shape index (κ3) is 3.41. The Hall–Kier alpha value is -0.890. The number of thiophene rings is 1. The van der Waals surface area contributed by atoms with Crippen molar-refractivity contribution < 1.29 is 8.42 Å². The van der Waals surface area contributed by atoms with Crippen LogP contribution in [0.15, 0.2) is 33.6 Å². The highest BCUT2D eigenvalue weighted by Crippen LogP contribution is 2.25. The van der Waals surface area contributed by atoms with Gasteiger partial charge in [-0.05, 0) is 59.6 Å². The van der Waals surface area contributed by atoms with E-state index in [2.05, 4.69) is 20.7 Å². The number of anilines is 1. The van der Waals surface area contributed by atoms with Crippen LogP contribution in [0.25, 0.3) is 0 Å². The number of nitrogen functional groups attached to an aromatic ring is 1. The first kappa shape index (κ1) is 15.5. The molecule has 0 spiro atoms. The zero-order valence-electron chi connectivity index (χ0n) is 11.1. The third-order valence-corrected chi connectivity index (χ3v) is 6.45. The average molecular weight is 375 g/mol. The van der Waals surface area contributed by atoms with Crippen LogP contribution in [-0.4, -0.2) is 8.42 Å². The maximum absolute atomic E-state index is 12.3. The summed E-state index contributed by atoms with van der Waals surface area (Å²) in [7, 11) is -3.59. The molecule has 0 aliphatic heterocycles. The number of sulfonamides is 1. The number of rotatable bonds is 4. The summed E-state index contributed by atoms with van der Waals surface area (Å²) < 4.78 is 27.7. The van der Waals surface area contributed by atoms with E-state index in [-0.39, 0.29) is 11.4 Å². The normalized spacial score (nSPS) is 11.8. The van der Waals surface area contributed by atoms with Gasteiger partial charge in [0.2, 0.25) is 10.0 Å². The molecular weight excluding hydrogens is 360 g/mol. The molecule has 0 fully saturated rings. The minimum Gasteiger partial charge on any atom is -0.399 e. The van der Waals surface area contributed by atoms with Gasteiger partial charge in [0.1, 0.15) is 0 Å². The van der Waals surface area contributed by atoms with Crippen molar-refractivity contribution in [1.82, 2.24) is 4.72 Å². The molecule has 2 aromatic rings. The lowest BCUT2D eigenvalue weighted by Crippen LogP contribution is -2.23. The van der Waals surface area contributed by atoms with Gasteiger partial charge in [-0.2, -0.15) is 0 Å². The zero-order chi connectivity index (χ0) is 14.9. The van der Waals surface area contributed by atoms with Crippen molar-refractivity contribution in [3.63, 3.8) is 0 Å². The predicted molar refractivity (Wildman–Crippen MR) is 86.4 cm³/mol. The van der Waals surface area contributed by atoms with Crippen molar-refractivity contribution in [2.75, 3.05) is 5.73 Å². The maximum atomic E-state index is 12.3. The van der Waals surface area contributed by atoms with Crippen LogP contribution in [0, 0.1) is 13.8 Å². The van der Waals surface area contributed by atoms with Gasteiger partial charge in [-0.25, -0.2) is 13.1 Å². The Morgan fingerprint density at radius 3 is 2.60 bits per heavy atom. The molecule has 0 saturated heterocycles. The molecule has 0 atom stereocenters. The number of halogens is 1. The lowest BCUT2D eigenvalue weighted by atomic mass is 10.3. The molecule has 2 rings (SSSR count). The molecule has 0 bridgehead atoms. The average Bonchev–Trinajstić information content (AvgIpc) is 2.69. The fourth-order valence-corrected chi connectivity index (χ4v) is 4.79. The first-order chi connectivity index (χ1) is 9.29. The highest BCUT2D eigenvalue weighted by atomic mass is 79.9. The van der Waals surface area contributed by atoms with Crippen molar-refractivity contribution in [2.24, 2.45) is 0 Å². The molecule has 20 heavy (non-hydrogen) atoms. The van der Waals surface area contributed by atoms with E-state index in [1.807, 2.05) is 19.9 Å². The number of nitrogens with one attached hydrogen (secondary N) is 1. The largest absolute Gasteiger partial charge is 0.399 e. The Balaban J connectivity index is 2.21. The Kier molecular flexibility index (Phi) is 4.53. The molecule has 1 heterocycles. The second-order valence-electron chi connectivity index (χ2n) is 4.47. The third-order valence-electron chi connectivity index (χ3n) is 2.90. The first-order valence-corrected chi connectivity index (χ1v) is 8.99. The van der Waals surface area contributed by atoms with Gasteiger partial charge in [-0.3, -0.25) is 0 Å². The van der Waals surface area contributed by atoms with Gasteiger partial charge in [0.25, 0.3) is 0 Å². The smallest absolute Gasteiger partial charge is 0.242 e. The van der Waals surface area contributed by atoms with E-state index in [0.717, 1.165) is 4.88 Å². The van der Waals surface area contributed by atoms with Gasteiger partial charge in [0.15, 0.2) is 0 Å². The Morgan fingerprint density at radius 1 is 1.30 bits per heavy atom. The van der Waals surface area contributed by atoms with Crippen LogP contribution >= 0.6 is 27.3 Å². The van der Waals surface area contributed by atoms with Crippen molar-refractivity contribution in [1.29, 1.82) is 0 Å². The molecule has 0 saturated carbocycles. The van der Waals surface area contributed by atoms with E-state index >= 15 is 0 Å². The van der Waals surface area contributed by atoms with E-state index in [0.29, 0.717) is 10.2 Å². The van der Waals surface area contributed by atoms with E-state index in [4.69, 9.17) is 5.73 Å². The quantitative estimate of drug-likeness (QED) is 0.807. The SMILES string of the molecule is Cc1cc(CNS(=O)(=O)c2cc(N)ccc2Br)sc1C. The monoisotopic (exact) mass is 374 g/mol. The summed E-state index contributed by atoms with van der Waals surface area (Å²) in [4.78, 5) is 2.34. The zero-order valence-corrected chi connectivity index (χ0v) is 14.3. The van der Waals surface area contributed by atoms with Crippen molar-refractivity contribution in [3.8, 4) is 0 Å². The van der Waals surface area contributed by atoms with Gasteiger partial charge < -0.3 is 5.73 Å². The molecule has 4 nitrogen and oxygen atoms in total. The fraction of sp³-hybridized carbons (Fsp3) is 0.231. The van der Waals surface area contributed by atoms with Crippen molar-refractivity contribution >= 4 is 43.0 Å². The molecule has 0 aliphatic carbocycles. The number of aryl methyl sites for hydroxylation is 2. The Morgan fingerprint density at radius 2 is 2.00 bits per heavy atom. The van der Waals surface area contributed by atoms with Crippen LogP contribution in [-0.2, 0) is 16.6 Å². The minimum absolute atomic E-state index is 0.155. The predicted octanol–water partition coefficient (Wildman–Crippen LogP) is 3.19. The Bertz CT molecular complexity index is 719. The van der Waals surface area contributed by atoms with E-state index < -0.39 is 10.0 Å². The summed E-state index contributed by atoms with van der Waals surface area (Å²) >= 11 is 4.83. The van der Waals surface area contributed by atoms with Gasteiger partial charge in [0, 0.05) is 26.5 Å². The summed E-state index contributed by atoms with van der Waals surface area (Å²) in [6, 6.07) is 6.71. The van der Waals surface area contributed by atoms with Gasteiger partial charge >= 0.3 is 0 Å². The van der Waals surface area contributed by atoms with E-state index in [9.17, 15) is 8.42 Å². The lowest BCUT2D eigenvalue weighted by molar-refractivity contribution is 0.581. The van der Waals surface area contributed by atoms with Crippen LogP contribution < -0.4 is 10.5 Å². The van der Waals surface area contributed by atoms with Crippen molar-refractivity contribution in [2.45, 2.75) is 25.3 Å². The molecule has 7 heteroatoms. The Labute approximate surface area is 131 Å². The van der Waals surface area contributed by atoms with E-state index in [1.54, 1.807) is 23.5 Å². The highest BCUT2D eigenvalue weighted by Gasteiger charge is 2.18. The highest BCUT2D eigenvalue weighted by molar-refractivity contribution is 9.10. The number of nitrogens with two attached hydrogens (primary N) is 1. The molecule has 0 amide bonds. The second-order valence-corrected chi connectivity index (χ2v) is 8.40. The second kappa shape index (κ2) is 5.85. The van der Waals surface area contributed by atoms with Crippen LogP contribution in [0.5, 0.6) is 0 Å². The molecule has 0 aliphatic rings. The number of hydrogen-bond donors (Lipinski definition) is 2. The molecule has 0 radical (unpaired) electrons. The van der Waals surface area contributed by atoms with Crippen LogP contribution in [0.3, 0.4) is 0 Å². The standard InChI is InChI=1S/C13H15BrN2O2S2/c1-8-5-11(19-9(8)2)7-16-20(17,18)13-6-10(15)3-4-12(13)14/h3-6,16H,7,15H2,1-2H3. The van der Waals surface area contributed by atoms with Gasteiger partial charge in [-0.1, -0.05) is 0 Å². The summed E-state index contributed by atoms with van der Waals surface area (Å²) in [6.45, 7) is 4.31. The van der Waals surface area contributed by atoms with Gasteiger partial charge in [-0.15, -0.1) is 11.3 Å². The topological polar surface area (TPSA) is 72.2 Å². The summed E-state index contributed by atoms with van der Waals surface area (Å²) in [6.07, 6.45) is 0. The first-order valence-electron chi connectivity index (χ1n) is 5.90. The summed E-state index contributed by atoms with van der Waals surface area (Å²) in [5.74, 6) is 0. The molecule has 0 unspecified atom stereocenters. The van der Waals surface area contributed by atoms with Crippen LogP contribution in [0.2, 0.25) is 0 Å². The van der Waals surface area contributed by atoms with Crippen LogP contribution in [0.4, 0.5) is 5.69 Å². The maximum Gasteiger partial charge on any atom is 0.242 e. The summed E-state index contributed by atoms with van der Waals surface area (Å²) in [5, 5.41) is 0. The molecule has 3 N–H and O–H groups in total. The lowest BCUT2D eigenvalue weighted by Gasteiger charge is -2.08.